The van der Waals surface area contributed by atoms with Crippen LogP contribution >= 0.6 is 0 Å². The van der Waals surface area contributed by atoms with E-state index in [1.165, 1.54) is 0 Å². The predicted octanol–water partition coefficient (Wildman–Crippen LogP) is 0.136. The first kappa shape index (κ1) is 6.99. The van der Waals surface area contributed by atoms with Crippen molar-refractivity contribution in [2.45, 2.75) is 12.2 Å². The van der Waals surface area contributed by atoms with Gasteiger partial charge in [-0.2, -0.15) is 0 Å². The molecule has 0 aromatic carbocycles. The molecule has 0 aliphatic heterocycles. The van der Waals surface area contributed by atoms with E-state index in [1.807, 2.05) is 0 Å². The van der Waals surface area contributed by atoms with E-state index in [9.17, 15) is 4.79 Å². The average Bonchev–Trinajstić information content (AvgIpc) is 1.68. The molecule has 0 spiro atoms. The SMILES string of the molecule is CCOC(=O)C[Se]. The molecule has 0 aliphatic carbocycles. The third-order valence-electron chi connectivity index (χ3n) is 0.423. The van der Waals surface area contributed by atoms with E-state index < -0.39 is 0 Å². The van der Waals surface area contributed by atoms with Gasteiger partial charge in [-0.25, -0.2) is 0 Å². The van der Waals surface area contributed by atoms with E-state index in [4.69, 9.17) is 0 Å². The fourth-order valence-electron chi connectivity index (χ4n) is 0.203. The van der Waals surface area contributed by atoms with Gasteiger partial charge in [-0.05, 0) is 0 Å². The number of ether oxygens (including phenoxy) is 1. The van der Waals surface area contributed by atoms with E-state index in [0.29, 0.717) is 11.9 Å². The van der Waals surface area contributed by atoms with Crippen molar-refractivity contribution >= 4 is 22.0 Å². The fourth-order valence-corrected chi connectivity index (χ4v) is 0.377. The molecule has 0 saturated carbocycles. The zero-order chi connectivity index (χ0) is 5.70. The number of hydrogen-bond acceptors (Lipinski definition) is 2. The second kappa shape index (κ2) is 4.16. The fraction of sp³-hybridized carbons (Fsp3) is 0.750. The standard InChI is InChI=1S/C4H7O2Se/c1-2-6-4(5)3-7/h2-3H2,1H3. The van der Waals surface area contributed by atoms with Gasteiger partial charge in [0, 0.05) is 0 Å². The third kappa shape index (κ3) is 3.83. The summed E-state index contributed by atoms with van der Waals surface area (Å²) in [6.07, 6.45) is 0. The summed E-state index contributed by atoms with van der Waals surface area (Å²) in [5.74, 6) is -0.178. The maximum absolute atomic E-state index is 10.2. The van der Waals surface area contributed by atoms with Crippen molar-refractivity contribution in [3.63, 3.8) is 0 Å². The quantitative estimate of drug-likeness (QED) is 0.430. The van der Waals surface area contributed by atoms with Crippen LogP contribution in [-0.4, -0.2) is 28.6 Å². The molecule has 0 aliphatic rings. The molecule has 0 saturated heterocycles. The first-order valence-electron chi connectivity index (χ1n) is 2.05. The van der Waals surface area contributed by atoms with Crippen molar-refractivity contribution in [3.05, 3.63) is 0 Å². The van der Waals surface area contributed by atoms with Crippen LogP contribution in [-0.2, 0) is 9.53 Å². The summed E-state index contributed by atoms with van der Waals surface area (Å²) >= 11 is 2.55. The van der Waals surface area contributed by atoms with Gasteiger partial charge < -0.3 is 0 Å². The summed E-state index contributed by atoms with van der Waals surface area (Å²) in [7, 11) is 0. The van der Waals surface area contributed by atoms with Crippen LogP contribution in [0.15, 0.2) is 0 Å². The molecule has 1 radical (unpaired) electrons. The Morgan fingerprint density at radius 2 is 2.43 bits per heavy atom. The van der Waals surface area contributed by atoms with E-state index in [-0.39, 0.29) is 5.97 Å². The van der Waals surface area contributed by atoms with Gasteiger partial charge in [-0.3, -0.25) is 0 Å². The summed E-state index contributed by atoms with van der Waals surface area (Å²) in [5, 5.41) is 0.355. The molecule has 0 heterocycles. The van der Waals surface area contributed by atoms with Crippen molar-refractivity contribution in [1.29, 1.82) is 0 Å². The first-order valence-corrected chi connectivity index (χ1v) is 3.26. The molecule has 7 heavy (non-hydrogen) atoms. The Balaban J connectivity index is 3.00. The van der Waals surface area contributed by atoms with Gasteiger partial charge in [0.05, 0.1) is 0 Å². The third-order valence-corrected chi connectivity index (χ3v) is 0.918. The molecule has 2 nitrogen and oxygen atoms in total. The number of rotatable bonds is 2. The Labute approximate surface area is 51.0 Å². The van der Waals surface area contributed by atoms with E-state index >= 15 is 0 Å². The van der Waals surface area contributed by atoms with Crippen molar-refractivity contribution < 1.29 is 9.53 Å². The Bertz CT molecular complexity index is 62.7. The van der Waals surface area contributed by atoms with E-state index in [1.54, 1.807) is 6.92 Å². The Kier molecular flexibility index (Phi) is 4.15. The molecule has 0 rings (SSSR count). The van der Waals surface area contributed by atoms with Gasteiger partial charge in [0.25, 0.3) is 0 Å². The minimum atomic E-state index is -0.178. The van der Waals surface area contributed by atoms with Crippen LogP contribution < -0.4 is 0 Å². The molecular formula is C4H7O2Se. The summed E-state index contributed by atoms with van der Waals surface area (Å²) in [5.41, 5.74) is 0. The number of carbonyl (C=O) groups excluding carboxylic acids is 1. The molecule has 0 atom stereocenters. The van der Waals surface area contributed by atoms with Gasteiger partial charge in [-0.1, -0.05) is 0 Å². The van der Waals surface area contributed by atoms with Crippen molar-refractivity contribution in [2.24, 2.45) is 0 Å². The molecular weight excluding hydrogens is 159 g/mol. The number of esters is 1. The zero-order valence-electron chi connectivity index (χ0n) is 4.14. The molecule has 0 aromatic rings. The van der Waals surface area contributed by atoms with E-state index in [0.717, 1.165) is 0 Å². The second-order valence-corrected chi connectivity index (χ2v) is 1.56. The molecule has 0 bridgehead atoms. The van der Waals surface area contributed by atoms with Crippen LogP contribution in [0.2, 0.25) is 5.32 Å². The molecule has 0 amide bonds. The topological polar surface area (TPSA) is 26.3 Å². The van der Waals surface area contributed by atoms with Crippen LogP contribution in [0.3, 0.4) is 0 Å². The minimum absolute atomic E-state index is 0.178. The van der Waals surface area contributed by atoms with Gasteiger partial charge in [0.1, 0.15) is 0 Å². The summed E-state index contributed by atoms with van der Waals surface area (Å²) < 4.78 is 4.52. The van der Waals surface area contributed by atoms with Crippen LogP contribution in [0.25, 0.3) is 0 Å². The van der Waals surface area contributed by atoms with Gasteiger partial charge in [0.2, 0.25) is 0 Å². The maximum atomic E-state index is 10.2. The van der Waals surface area contributed by atoms with E-state index in [2.05, 4.69) is 20.7 Å². The van der Waals surface area contributed by atoms with Crippen LogP contribution in [0.4, 0.5) is 0 Å². The van der Waals surface area contributed by atoms with Gasteiger partial charge >= 0.3 is 50.4 Å². The van der Waals surface area contributed by atoms with Crippen LogP contribution in [0, 0.1) is 0 Å². The Morgan fingerprint density at radius 1 is 1.86 bits per heavy atom. The zero-order valence-corrected chi connectivity index (χ0v) is 5.85. The van der Waals surface area contributed by atoms with Crippen LogP contribution in [0.1, 0.15) is 6.92 Å². The predicted molar refractivity (Wildman–Crippen MR) is 27.2 cm³/mol. The second-order valence-electron chi connectivity index (χ2n) is 0.949. The van der Waals surface area contributed by atoms with Crippen LogP contribution in [0.5, 0.6) is 0 Å². The van der Waals surface area contributed by atoms with Crippen molar-refractivity contribution in [3.8, 4) is 0 Å². The monoisotopic (exact) mass is 167 g/mol. The Hall–Kier alpha value is -0.0105. The van der Waals surface area contributed by atoms with Gasteiger partial charge in [-0.15, -0.1) is 0 Å². The average molecular weight is 166 g/mol. The molecule has 3 heteroatoms. The molecule has 0 aromatic heterocycles. The molecule has 0 N–H and O–H groups in total. The Morgan fingerprint density at radius 3 is 2.57 bits per heavy atom. The van der Waals surface area contributed by atoms with Crippen molar-refractivity contribution in [2.75, 3.05) is 6.61 Å². The summed E-state index contributed by atoms with van der Waals surface area (Å²) in [6.45, 7) is 2.26. The number of carbonyl (C=O) groups is 1. The summed E-state index contributed by atoms with van der Waals surface area (Å²) in [4.78, 5) is 10.2. The molecule has 41 valence electrons. The first-order chi connectivity index (χ1) is 3.31. The molecule has 0 fully saturated rings. The normalized spacial score (nSPS) is 8.29. The summed E-state index contributed by atoms with van der Waals surface area (Å²) in [6, 6.07) is 0. The van der Waals surface area contributed by atoms with Crippen molar-refractivity contribution in [1.82, 2.24) is 0 Å². The van der Waals surface area contributed by atoms with Gasteiger partial charge in [0.15, 0.2) is 0 Å². The molecule has 0 unspecified atom stereocenters. The number of hydrogen-bond donors (Lipinski definition) is 0.